The van der Waals surface area contributed by atoms with Crippen molar-refractivity contribution in [2.24, 2.45) is 0 Å². The molecule has 1 saturated heterocycles. The van der Waals surface area contributed by atoms with Gasteiger partial charge in [0.2, 0.25) is 17.7 Å². The third kappa shape index (κ3) is 5.67. The average molecular weight is 506 g/mol. The highest BCUT2D eigenvalue weighted by atomic mass is 19.1. The zero-order valence-corrected chi connectivity index (χ0v) is 21.5. The number of benzene rings is 2. The van der Waals surface area contributed by atoms with Crippen molar-refractivity contribution in [1.82, 2.24) is 19.8 Å². The van der Waals surface area contributed by atoms with Gasteiger partial charge in [-0.2, -0.15) is 4.98 Å². The number of hydrogen-bond acceptors (Lipinski definition) is 7. The Hall–Kier alpha value is -3.72. The minimum Gasteiger partial charge on any atom is -0.497 e. The second-order valence-corrected chi connectivity index (χ2v) is 9.65. The lowest BCUT2D eigenvalue weighted by molar-refractivity contribution is -0.131. The van der Waals surface area contributed by atoms with Crippen LogP contribution in [0.3, 0.4) is 0 Å². The predicted molar refractivity (Wildman–Crippen MR) is 139 cm³/mol. The minimum atomic E-state index is -0.287. The molecule has 9 heteroatoms. The van der Waals surface area contributed by atoms with E-state index in [1.165, 1.54) is 6.07 Å². The maximum atomic E-state index is 13.9. The average Bonchev–Trinajstić information content (AvgIpc) is 2.91. The van der Waals surface area contributed by atoms with Gasteiger partial charge in [0, 0.05) is 39.1 Å². The number of aromatic nitrogens is 2. The van der Waals surface area contributed by atoms with E-state index in [1.807, 2.05) is 29.2 Å². The molecule has 5 rings (SSSR count). The molecule has 0 radical (unpaired) electrons. The van der Waals surface area contributed by atoms with Gasteiger partial charge in [-0.05, 0) is 55.4 Å². The van der Waals surface area contributed by atoms with Crippen molar-refractivity contribution in [3.8, 4) is 17.4 Å². The second kappa shape index (κ2) is 10.7. The van der Waals surface area contributed by atoms with Crippen LogP contribution in [0.5, 0.6) is 17.4 Å². The summed E-state index contributed by atoms with van der Waals surface area (Å²) in [7, 11) is 3.72. The number of rotatable bonds is 6. The number of carbonyl (C=O) groups excluding carboxylic acids is 1. The number of likely N-dealkylation sites (N-methyl/N-ethyl adjacent to an activating group) is 1. The molecule has 0 unspecified atom stereocenters. The minimum absolute atomic E-state index is 0.0191. The number of fused-ring (bicyclic) bond motifs is 1. The highest BCUT2D eigenvalue weighted by Gasteiger charge is 2.28. The lowest BCUT2D eigenvalue weighted by atomic mass is 10.0. The highest BCUT2D eigenvalue weighted by molar-refractivity contribution is 5.79. The van der Waals surface area contributed by atoms with E-state index >= 15 is 0 Å². The third-order valence-corrected chi connectivity index (χ3v) is 6.98. The summed E-state index contributed by atoms with van der Waals surface area (Å²) < 4.78 is 25.4. The molecule has 1 amide bonds. The van der Waals surface area contributed by atoms with Crippen LogP contribution in [0, 0.1) is 12.7 Å². The SMILES string of the molecule is COc1cccc(CC(=O)N2CCc3nc(N4CCN(C)CC4)nc(Oc4ccc(F)c(C)c4)c3C2)c1. The van der Waals surface area contributed by atoms with Crippen molar-refractivity contribution in [2.45, 2.75) is 26.3 Å². The summed E-state index contributed by atoms with van der Waals surface area (Å²) in [5.74, 6) is 2.02. The molecule has 8 nitrogen and oxygen atoms in total. The van der Waals surface area contributed by atoms with Gasteiger partial charge in [0.25, 0.3) is 0 Å². The molecule has 2 aliphatic heterocycles. The van der Waals surface area contributed by atoms with E-state index in [1.54, 1.807) is 26.2 Å². The van der Waals surface area contributed by atoms with E-state index in [-0.39, 0.29) is 18.1 Å². The van der Waals surface area contributed by atoms with Crippen molar-refractivity contribution in [3.63, 3.8) is 0 Å². The Morgan fingerprint density at radius 3 is 2.59 bits per heavy atom. The quantitative estimate of drug-likeness (QED) is 0.507. The summed E-state index contributed by atoms with van der Waals surface area (Å²) in [6.45, 7) is 6.15. The first kappa shape index (κ1) is 25.0. The molecule has 0 bridgehead atoms. The first-order chi connectivity index (χ1) is 17.9. The number of methoxy groups -OCH3 is 1. The van der Waals surface area contributed by atoms with Crippen molar-refractivity contribution < 1.29 is 18.7 Å². The van der Waals surface area contributed by atoms with Crippen LogP contribution >= 0.6 is 0 Å². The summed E-state index contributed by atoms with van der Waals surface area (Å²) in [6, 6.07) is 12.2. The molecule has 2 aliphatic rings. The topological polar surface area (TPSA) is 71.0 Å². The first-order valence-corrected chi connectivity index (χ1v) is 12.6. The monoisotopic (exact) mass is 505 g/mol. The largest absolute Gasteiger partial charge is 0.497 e. The molecule has 0 spiro atoms. The van der Waals surface area contributed by atoms with Gasteiger partial charge >= 0.3 is 0 Å². The van der Waals surface area contributed by atoms with Gasteiger partial charge < -0.3 is 24.2 Å². The van der Waals surface area contributed by atoms with Gasteiger partial charge in [-0.1, -0.05) is 12.1 Å². The molecule has 3 heterocycles. The number of halogens is 1. The van der Waals surface area contributed by atoms with Gasteiger partial charge in [-0.3, -0.25) is 4.79 Å². The Morgan fingerprint density at radius 1 is 1.03 bits per heavy atom. The molecule has 0 aliphatic carbocycles. The van der Waals surface area contributed by atoms with Gasteiger partial charge in [0.05, 0.1) is 31.3 Å². The standard InChI is InChI=1S/C28H32FN5O3/c1-19-15-22(7-8-24(19)29)37-27-23-18-34(26(35)17-20-5-4-6-21(16-20)36-3)10-9-25(23)30-28(31-27)33-13-11-32(2)12-14-33/h4-8,15-16H,9-14,17-18H2,1-3H3. The fourth-order valence-corrected chi connectivity index (χ4v) is 4.68. The Morgan fingerprint density at radius 2 is 1.84 bits per heavy atom. The van der Waals surface area contributed by atoms with E-state index in [4.69, 9.17) is 19.4 Å². The van der Waals surface area contributed by atoms with Crippen molar-refractivity contribution in [2.75, 3.05) is 51.8 Å². The van der Waals surface area contributed by atoms with Crippen LogP contribution in [0.4, 0.5) is 10.3 Å². The van der Waals surface area contributed by atoms with E-state index in [9.17, 15) is 9.18 Å². The summed E-state index contributed by atoms with van der Waals surface area (Å²) in [4.78, 5) is 29.2. The van der Waals surface area contributed by atoms with Gasteiger partial charge in [0.1, 0.15) is 17.3 Å². The molecule has 2 aromatic carbocycles. The number of aryl methyl sites for hydroxylation is 1. The van der Waals surface area contributed by atoms with Gasteiger partial charge in [-0.25, -0.2) is 9.37 Å². The van der Waals surface area contributed by atoms with Crippen LogP contribution in [-0.4, -0.2) is 72.6 Å². The maximum absolute atomic E-state index is 13.9. The van der Waals surface area contributed by atoms with Gasteiger partial charge in [0.15, 0.2) is 0 Å². The molecule has 0 atom stereocenters. The molecule has 37 heavy (non-hydrogen) atoms. The number of carbonyl (C=O) groups is 1. The Bertz CT molecular complexity index is 1290. The van der Waals surface area contributed by atoms with E-state index in [0.29, 0.717) is 42.7 Å². The first-order valence-electron chi connectivity index (χ1n) is 12.6. The van der Waals surface area contributed by atoms with Crippen LogP contribution in [0.25, 0.3) is 0 Å². The molecule has 0 N–H and O–H groups in total. The normalized spacial score (nSPS) is 15.9. The number of ether oxygens (including phenoxy) is 2. The molecular weight excluding hydrogens is 473 g/mol. The number of nitrogens with zero attached hydrogens (tertiary/aromatic N) is 5. The molecule has 3 aromatic rings. The Balaban J connectivity index is 1.42. The van der Waals surface area contributed by atoms with Gasteiger partial charge in [-0.15, -0.1) is 0 Å². The van der Waals surface area contributed by atoms with Crippen LogP contribution in [0.1, 0.15) is 22.4 Å². The number of piperazine rings is 1. The lowest BCUT2D eigenvalue weighted by Crippen LogP contribution is -2.45. The summed E-state index contributed by atoms with van der Waals surface area (Å²) in [6.07, 6.45) is 0.890. The number of anilines is 1. The van der Waals surface area contributed by atoms with Crippen LogP contribution < -0.4 is 14.4 Å². The van der Waals surface area contributed by atoms with Crippen LogP contribution in [0.2, 0.25) is 0 Å². The molecule has 1 aromatic heterocycles. The Labute approximate surface area is 216 Å². The smallest absolute Gasteiger partial charge is 0.229 e. The molecule has 194 valence electrons. The lowest BCUT2D eigenvalue weighted by Gasteiger charge is -2.34. The third-order valence-electron chi connectivity index (χ3n) is 6.98. The maximum Gasteiger partial charge on any atom is 0.229 e. The van der Waals surface area contributed by atoms with Crippen molar-refractivity contribution >= 4 is 11.9 Å². The molecule has 1 fully saturated rings. The van der Waals surface area contributed by atoms with E-state index in [2.05, 4.69) is 16.8 Å². The zero-order chi connectivity index (χ0) is 25.9. The fraction of sp³-hybridized carbons (Fsp3) is 0.393. The zero-order valence-electron chi connectivity index (χ0n) is 21.5. The van der Waals surface area contributed by atoms with E-state index < -0.39 is 0 Å². The second-order valence-electron chi connectivity index (χ2n) is 9.65. The predicted octanol–water partition coefficient (Wildman–Crippen LogP) is 3.60. The van der Waals surface area contributed by atoms with Crippen molar-refractivity contribution in [3.05, 3.63) is 70.7 Å². The van der Waals surface area contributed by atoms with Crippen LogP contribution in [0.15, 0.2) is 42.5 Å². The fourth-order valence-electron chi connectivity index (χ4n) is 4.68. The molecule has 0 saturated carbocycles. The van der Waals surface area contributed by atoms with Crippen LogP contribution in [-0.2, 0) is 24.2 Å². The summed E-state index contributed by atoms with van der Waals surface area (Å²) in [5.41, 5.74) is 3.08. The highest BCUT2D eigenvalue weighted by Crippen LogP contribution is 2.32. The van der Waals surface area contributed by atoms with Crippen molar-refractivity contribution in [1.29, 1.82) is 0 Å². The Kier molecular flexibility index (Phi) is 7.23. The summed E-state index contributed by atoms with van der Waals surface area (Å²) >= 11 is 0. The number of hydrogen-bond donors (Lipinski definition) is 0. The molecular formula is C28H32FN5O3. The van der Waals surface area contributed by atoms with E-state index in [0.717, 1.165) is 48.7 Å². The summed E-state index contributed by atoms with van der Waals surface area (Å²) in [5, 5.41) is 0. The number of amides is 1.